The summed E-state index contributed by atoms with van der Waals surface area (Å²) in [6, 6.07) is 6.64. The molecule has 2 heterocycles. The number of nitrogens with zero attached hydrogens (tertiary/aromatic N) is 3. The molecule has 1 saturated heterocycles. The van der Waals surface area contributed by atoms with E-state index in [1.807, 2.05) is 0 Å². The van der Waals surface area contributed by atoms with Crippen LogP contribution in [0.4, 0.5) is 0 Å². The molecule has 0 atom stereocenters. The molecule has 19 heavy (non-hydrogen) atoms. The predicted molar refractivity (Wildman–Crippen MR) is 64.5 cm³/mol. The van der Waals surface area contributed by atoms with Gasteiger partial charge in [-0.3, -0.25) is 18.5 Å². The number of benzene rings is 1. The highest BCUT2D eigenvalue weighted by atomic mass is 31.2. The third-order valence-electron chi connectivity index (χ3n) is 2.51. The lowest BCUT2D eigenvalue weighted by molar-refractivity contribution is 0.0543. The normalized spacial score (nSPS) is 18.3. The second-order valence-corrected chi connectivity index (χ2v) is 5.41. The lowest BCUT2D eigenvalue weighted by Gasteiger charge is -2.21. The van der Waals surface area contributed by atoms with E-state index in [1.165, 1.54) is 0 Å². The van der Waals surface area contributed by atoms with Crippen LogP contribution in [0.25, 0.3) is 10.9 Å². The summed E-state index contributed by atoms with van der Waals surface area (Å²) in [4.78, 5) is 12.6. The van der Waals surface area contributed by atoms with E-state index >= 15 is 0 Å². The van der Waals surface area contributed by atoms with Crippen LogP contribution in [0, 0.1) is 0 Å². The van der Waals surface area contributed by atoms with Gasteiger partial charge in [-0.25, -0.2) is 4.57 Å². The molecule has 0 radical (unpaired) electrons. The first-order valence-corrected chi connectivity index (χ1v) is 7.08. The van der Waals surface area contributed by atoms with Crippen molar-refractivity contribution in [3.8, 4) is 0 Å². The van der Waals surface area contributed by atoms with Crippen molar-refractivity contribution in [3.05, 3.63) is 34.6 Å². The minimum absolute atomic E-state index is 0.243. The summed E-state index contributed by atoms with van der Waals surface area (Å²) in [5.41, 5.74) is -0.144. The van der Waals surface area contributed by atoms with Crippen molar-refractivity contribution in [2.24, 2.45) is 0 Å². The number of hydrogen-bond acceptors (Lipinski definition) is 7. The summed E-state index contributed by atoms with van der Waals surface area (Å²) in [5.74, 6) is 0. The van der Waals surface area contributed by atoms with Gasteiger partial charge in [0.25, 0.3) is 0 Å². The molecule has 3 rings (SSSR count). The van der Waals surface area contributed by atoms with Crippen LogP contribution < -0.4 is 10.2 Å². The lowest BCUT2D eigenvalue weighted by Crippen LogP contribution is -2.31. The molecule has 8 nitrogen and oxygen atoms in total. The zero-order chi connectivity index (χ0) is 13.3. The average molecular weight is 283 g/mol. The van der Waals surface area contributed by atoms with Crippen molar-refractivity contribution in [2.45, 2.75) is 6.42 Å². The van der Waals surface area contributed by atoms with Gasteiger partial charge in [0, 0.05) is 0 Å². The Morgan fingerprint density at radius 3 is 2.79 bits per heavy atom. The third kappa shape index (κ3) is 2.37. The molecular formula is C10H10N3O5P. The number of aromatic nitrogens is 3. The molecular weight excluding hydrogens is 273 g/mol. The molecule has 0 spiro atoms. The van der Waals surface area contributed by atoms with E-state index in [0.717, 1.165) is 0 Å². The number of rotatable bonds is 2. The molecule has 1 aromatic heterocycles. The maximum absolute atomic E-state index is 12.0. The lowest BCUT2D eigenvalue weighted by atomic mass is 10.2. The van der Waals surface area contributed by atoms with Crippen LogP contribution in [-0.4, -0.2) is 28.4 Å². The first-order chi connectivity index (χ1) is 9.18. The largest absolute Gasteiger partial charge is 0.550 e. The Balaban J connectivity index is 1.99. The van der Waals surface area contributed by atoms with E-state index in [9.17, 15) is 9.36 Å². The van der Waals surface area contributed by atoms with Crippen molar-refractivity contribution in [2.75, 3.05) is 13.2 Å². The summed E-state index contributed by atoms with van der Waals surface area (Å²) < 4.78 is 26.8. The van der Waals surface area contributed by atoms with Gasteiger partial charge in [0.2, 0.25) is 0 Å². The van der Waals surface area contributed by atoms with Crippen molar-refractivity contribution < 1.29 is 18.2 Å². The van der Waals surface area contributed by atoms with Gasteiger partial charge < -0.3 is 0 Å². The minimum atomic E-state index is -3.78. The third-order valence-corrected chi connectivity index (χ3v) is 3.86. The fourth-order valence-electron chi connectivity index (χ4n) is 1.62. The average Bonchev–Trinajstić information content (AvgIpc) is 2.43. The molecule has 0 unspecified atom stereocenters. The van der Waals surface area contributed by atoms with Gasteiger partial charge in [-0.2, -0.15) is 0 Å². The topological polar surface area (TPSA) is 92.5 Å². The Morgan fingerprint density at radius 1 is 1.26 bits per heavy atom. The maximum atomic E-state index is 12.0. The Bertz CT molecular complexity index is 706. The van der Waals surface area contributed by atoms with Gasteiger partial charge in [0.1, 0.15) is 5.52 Å². The van der Waals surface area contributed by atoms with Crippen LogP contribution >= 0.6 is 7.82 Å². The van der Waals surface area contributed by atoms with Gasteiger partial charge in [-0.1, -0.05) is 12.1 Å². The van der Waals surface area contributed by atoms with Crippen LogP contribution in [0.15, 0.2) is 29.1 Å². The van der Waals surface area contributed by atoms with Crippen molar-refractivity contribution >= 4 is 18.7 Å². The molecule has 0 amide bonds. The number of fused-ring (bicyclic) bond motifs is 1. The van der Waals surface area contributed by atoms with Gasteiger partial charge in [-0.15, -0.1) is 5.10 Å². The van der Waals surface area contributed by atoms with Crippen molar-refractivity contribution in [1.82, 2.24) is 15.2 Å². The first-order valence-electron chi connectivity index (χ1n) is 5.62. The van der Waals surface area contributed by atoms with Crippen molar-refractivity contribution in [1.29, 1.82) is 0 Å². The predicted octanol–water partition coefficient (Wildman–Crippen LogP) is 0.765. The zero-order valence-electron chi connectivity index (χ0n) is 9.76. The number of phosphoric ester groups is 1. The Kier molecular flexibility index (Phi) is 3.06. The molecule has 1 aliphatic rings. The van der Waals surface area contributed by atoms with E-state index in [4.69, 9.17) is 13.7 Å². The second-order valence-electron chi connectivity index (χ2n) is 3.83. The number of hydrogen-bond donors (Lipinski definition) is 0. The molecule has 100 valence electrons. The highest BCUT2D eigenvalue weighted by Gasteiger charge is 2.33. The van der Waals surface area contributed by atoms with Gasteiger partial charge in [0.15, 0.2) is 0 Å². The van der Waals surface area contributed by atoms with Crippen molar-refractivity contribution in [3.63, 3.8) is 0 Å². The Hall–Kier alpha value is -1.76. The highest BCUT2D eigenvalue weighted by molar-refractivity contribution is 7.48. The number of phosphoric acid groups is 1. The van der Waals surface area contributed by atoms with E-state index in [2.05, 4.69) is 10.3 Å². The monoisotopic (exact) mass is 283 g/mol. The minimum Gasteiger partial charge on any atom is -0.288 e. The standard InChI is InChI=1S/C10H10N3O5P/c14-10-8-4-1-2-5-9(8)11-12-13(10)18-19(15)16-6-3-7-17-19/h1-2,4-5H,3,6-7H2. The summed E-state index contributed by atoms with van der Waals surface area (Å²) in [6.07, 6.45) is 0.617. The highest BCUT2D eigenvalue weighted by Crippen LogP contribution is 2.47. The second kappa shape index (κ2) is 4.73. The summed E-state index contributed by atoms with van der Waals surface area (Å²) in [5, 5.41) is 7.65. The van der Waals surface area contributed by atoms with E-state index in [0.29, 0.717) is 22.2 Å². The molecule has 0 saturated carbocycles. The SMILES string of the molecule is O=c1c2ccccc2nnn1OP1(=O)OCCCO1. The van der Waals surface area contributed by atoms with Gasteiger partial charge >= 0.3 is 13.4 Å². The smallest absolute Gasteiger partial charge is 0.288 e. The van der Waals surface area contributed by atoms with E-state index < -0.39 is 13.4 Å². The van der Waals surface area contributed by atoms with Crippen LogP contribution in [0.2, 0.25) is 0 Å². The molecule has 0 bridgehead atoms. The van der Waals surface area contributed by atoms with Crippen LogP contribution in [0.3, 0.4) is 0 Å². The quantitative estimate of drug-likeness (QED) is 0.751. The van der Waals surface area contributed by atoms with Gasteiger partial charge in [-0.05, 0) is 28.6 Å². The molecule has 0 N–H and O–H groups in total. The maximum Gasteiger partial charge on any atom is 0.550 e. The zero-order valence-corrected chi connectivity index (χ0v) is 10.7. The Labute approximate surface area is 107 Å². The van der Waals surface area contributed by atoms with Gasteiger partial charge in [0.05, 0.1) is 18.6 Å². The summed E-state index contributed by atoms with van der Waals surface area (Å²) in [7, 11) is -3.78. The molecule has 2 aromatic rings. The first kappa shape index (κ1) is 12.3. The summed E-state index contributed by atoms with van der Waals surface area (Å²) in [6.45, 7) is 0.486. The Morgan fingerprint density at radius 2 is 2.00 bits per heavy atom. The van der Waals surface area contributed by atoms with E-state index in [1.54, 1.807) is 24.3 Å². The molecule has 1 aromatic carbocycles. The fourth-order valence-corrected chi connectivity index (χ4v) is 2.79. The van der Waals surface area contributed by atoms with Crippen LogP contribution in [0.1, 0.15) is 6.42 Å². The van der Waals surface area contributed by atoms with E-state index in [-0.39, 0.29) is 13.2 Å². The molecule has 9 heteroatoms. The molecule has 1 fully saturated rings. The fraction of sp³-hybridized carbons (Fsp3) is 0.300. The molecule has 0 aliphatic carbocycles. The van der Waals surface area contributed by atoms with Crippen LogP contribution in [-0.2, 0) is 13.6 Å². The molecule has 1 aliphatic heterocycles. The summed E-state index contributed by atoms with van der Waals surface area (Å²) >= 11 is 0. The van der Waals surface area contributed by atoms with Crippen LogP contribution in [0.5, 0.6) is 0 Å².